The van der Waals surface area contributed by atoms with Gasteiger partial charge in [0.2, 0.25) is 0 Å². The maximum atomic E-state index is 13.7. The summed E-state index contributed by atoms with van der Waals surface area (Å²) in [7, 11) is 0. The molecule has 4 nitrogen and oxygen atoms in total. The van der Waals surface area contributed by atoms with Crippen LogP contribution in [0.1, 0.15) is 22.8 Å². The Kier molecular flexibility index (Phi) is 3.68. The Hall–Kier alpha value is -1.88. The molecular weight excluding hydrogens is 293 g/mol. The van der Waals surface area contributed by atoms with E-state index < -0.39 is 0 Å². The quantitative estimate of drug-likeness (QED) is 0.692. The molecule has 2 heterocycles. The van der Waals surface area contributed by atoms with Crippen LogP contribution in [0, 0.1) is 19.7 Å². The van der Waals surface area contributed by atoms with E-state index >= 15 is 0 Å². The fourth-order valence-corrected chi connectivity index (χ4v) is 2.57. The van der Waals surface area contributed by atoms with Crippen molar-refractivity contribution in [2.75, 3.05) is 5.88 Å². The highest BCUT2D eigenvalue weighted by atomic mass is 35.5. The summed E-state index contributed by atoms with van der Waals surface area (Å²) in [5.74, 6) is 1.77. The van der Waals surface area contributed by atoms with Gasteiger partial charge in [-0.2, -0.15) is 0 Å². The lowest BCUT2D eigenvalue weighted by Gasteiger charge is -2.06. The van der Waals surface area contributed by atoms with E-state index in [4.69, 9.17) is 16.1 Å². The van der Waals surface area contributed by atoms with Crippen molar-refractivity contribution in [3.05, 3.63) is 46.9 Å². The fourth-order valence-electron chi connectivity index (χ4n) is 2.40. The van der Waals surface area contributed by atoms with Crippen LogP contribution in [0.25, 0.3) is 11.0 Å². The van der Waals surface area contributed by atoms with Crippen LogP contribution in [0.15, 0.2) is 22.7 Å². The van der Waals surface area contributed by atoms with Crippen molar-refractivity contribution in [2.45, 2.75) is 26.8 Å². The Morgan fingerprint density at radius 2 is 2.10 bits per heavy atom. The van der Waals surface area contributed by atoms with E-state index in [2.05, 4.69) is 10.1 Å². The summed E-state index contributed by atoms with van der Waals surface area (Å²) in [5, 5.41) is 3.89. The van der Waals surface area contributed by atoms with Crippen molar-refractivity contribution in [1.82, 2.24) is 14.7 Å². The normalized spacial score (nSPS) is 11.4. The van der Waals surface area contributed by atoms with E-state index in [-0.39, 0.29) is 5.82 Å². The highest BCUT2D eigenvalue weighted by Gasteiger charge is 2.14. The molecule has 3 aromatic rings. The zero-order valence-corrected chi connectivity index (χ0v) is 12.6. The molecule has 0 atom stereocenters. The third-order valence-electron chi connectivity index (χ3n) is 3.42. The van der Waals surface area contributed by atoms with Gasteiger partial charge < -0.3 is 9.09 Å². The van der Waals surface area contributed by atoms with Gasteiger partial charge in [-0.25, -0.2) is 9.37 Å². The molecule has 0 bridgehead atoms. The monoisotopic (exact) mass is 307 g/mol. The predicted octanol–water partition coefficient (Wildman–Crippen LogP) is 3.61. The van der Waals surface area contributed by atoms with Gasteiger partial charge in [-0.3, -0.25) is 0 Å². The Bertz CT molecular complexity index is 794. The van der Waals surface area contributed by atoms with Crippen molar-refractivity contribution in [2.24, 2.45) is 0 Å². The average Bonchev–Trinajstić information content (AvgIpc) is 2.97. The van der Waals surface area contributed by atoms with Crippen LogP contribution in [0.4, 0.5) is 4.39 Å². The fraction of sp³-hybridized carbons (Fsp3) is 0.333. The second-order valence-electron chi connectivity index (χ2n) is 5.08. The van der Waals surface area contributed by atoms with E-state index in [0.717, 1.165) is 22.8 Å². The summed E-state index contributed by atoms with van der Waals surface area (Å²) < 4.78 is 21.0. The molecule has 0 aliphatic carbocycles. The number of hydrogen-bond acceptors (Lipinski definition) is 3. The van der Waals surface area contributed by atoms with E-state index in [1.54, 1.807) is 13.0 Å². The van der Waals surface area contributed by atoms with Gasteiger partial charge in [-0.1, -0.05) is 5.16 Å². The summed E-state index contributed by atoms with van der Waals surface area (Å²) in [6, 6.07) is 5.15. The maximum Gasteiger partial charge on any atom is 0.156 e. The largest absolute Gasteiger partial charge is 0.359 e. The number of rotatable bonds is 4. The average molecular weight is 308 g/mol. The highest BCUT2D eigenvalue weighted by Crippen LogP contribution is 2.22. The summed E-state index contributed by atoms with van der Waals surface area (Å²) in [6.07, 6.45) is 0.615. The first-order valence-electron chi connectivity index (χ1n) is 6.72. The minimum absolute atomic E-state index is 0.250. The predicted molar refractivity (Wildman–Crippen MR) is 79.2 cm³/mol. The lowest BCUT2D eigenvalue weighted by molar-refractivity contribution is 0.373. The molecule has 3 rings (SSSR count). The second kappa shape index (κ2) is 5.48. The molecule has 0 unspecified atom stereocenters. The second-order valence-corrected chi connectivity index (χ2v) is 5.46. The molecule has 1 aromatic carbocycles. The SMILES string of the molecule is Cc1cc(Cn2c(CCCl)nc3cc(F)c(C)cc32)on1. The molecule has 0 spiro atoms. The molecule has 0 N–H and O–H groups in total. The summed E-state index contributed by atoms with van der Waals surface area (Å²) in [4.78, 5) is 4.48. The molecule has 0 saturated heterocycles. The summed E-state index contributed by atoms with van der Waals surface area (Å²) >= 11 is 5.84. The van der Waals surface area contributed by atoms with Gasteiger partial charge in [0.1, 0.15) is 11.6 Å². The molecule has 0 aliphatic rings. The number of halogens is 2. The number of hydrogen-bond donors (Lipinski definition) is 0. The number of aryl methyl sites for hydroxylation is 3. The van der Waals surface area contributed by atoms with Gasteiger partial charge in [0, 0.05) is 24.4 Å². The highest BCUT2D eigenvalue weighted by molar-refractivity contribution is 6.17. The van der Waals surface area contributed by atoms with Crippen LogP contribution >= 0.6 is 11.6 Å². The zero-order chi connectivity index (χ0) is 15.0. The smallest absolute Gasteiger partial charge is 0.156 e. The zero-order valence-electron chi connectivity index (χ0n) is 11.9. The molecular formula is C15H15ClFN3O. The minimum Gasteiger partial charge on any atom is -0.359 e. The van der Waals surface area contributed by atoms with Gasteiger partial charge in [0.05, 0.1) is 23.3 Å². The van der Waals surface area contributed by atoms with Crippen molar-refractivity contribution < 1.29 is 8.91 Å². The van der Waals surface area contributed by atoms with Gasteiger partial charge in [0.25, 0.3) is 0 Å². The lowest BCUT2D eigenvalue weighted by Crippen LogP contribution is -2.05. The molecule has 0 aliphatic heterocycles. The number of benzene rings is 1. The number of alkyl halides is 1. The molecule has 21 heavy (non-hydrogen) atoms. The maximum absolute atomic E-state index is 13.7. The lowest BCUT2D eigenvalue weighted by atomic mass is 10.2. The molecule has 0 saturated carbocycles. The van der Waals surface area contributed by atoms with Crippen molar-refractivity contribution >= 4 is 22.6 Å². The Morgan fingerprint density at radius 3 is 2.76 bits per heavy atom. The first-order valence-corrected chi connectivity index (χ1v) is 7.25. The third kappa shape index (κ3) is 2.65. The van der Waals surface area contributed by atoms with E-state index in [1.807, 2.05) is 17.6 Å². The molecule has 0 fully saturated rings. The number of aromatic nitrogens is 3. The van der Waals surface area contributed by atoms with Crippen molar-refractivity contribution in [3.8, 4) is 0 Å². The first-order chi connectivity index (χ1) is 10.1. The van der Waals surface area contributed by atoms with Gasteiger partial charge >= 0.3 is 0 Å². The summed E-state index contributed by atoms with van der Waals surface area (Å²) in [5.41, 5.74) is 2.93. The van der Waals surface area contributed by atoms with Crippen LogP contribution in [-0.4, -0.2) is 20.6 Å². The number of fused-ring (bicyclic) bond motifs is 1. The van der Waals surface area contributed by atoms with Gasteiger partial charge in [-0.15, -0.1) is 11.6 Å². The Labute approximate surface area is 126 Å². The summed E-state index contributed by atoms with van der Waals surface area (Å²) in [6.45, 7) is 4.12. The van der Waals surface area contributed by atoms with Crippen LogP contribution in [-0.2, 0) is 13.0 Å². The Morgan fingerprint density at radius 1 is 1.29 bits per heavy atom. The number of nitrogens with zero attached hydrogens (tertiary/aromatic N) is 3. The van der Waals surface area contributed by atoms with Crippen LogP contribution in [0.3, 0.4) is 0 Å². The standard InChI is InChI=1S/C15H15ClFN3O/c1-9-5-14-13(7-12(9)17)18-15(3-4-16)20(14)8-11-6-10(2)19-21-11/h5-7H,3-4,8H2,1-2H3. The molecule has 0 amide bonds. The van der Waals surface area contributed by atoms with Crippen molar-refractivity contribution in [3.63, 3.8) is 0 Å². The Balaban J connectivity index is 2.12. The van der Waals surface area contributed by atoms with Crippen LogP contribution in [0.5, 0.6) is 0 Å². The first kappa shape index (κ1) is 14.1. The van der Waals surface area contributed by atoms with Gasteiger partial charge in [-0.05, 0) is 25.5 Å². The molecule has 110 valence electrons. The molecule has 0 radical (unpaired) electrons. The third-order valence-corrected chi connectivity index (χ3v) is 3.61. The topological polar surface area (TPSA) is 43.9 Å². The van der Waals surface area contributed by atoms with Gasteiger partial charge in [0.15, 0.2) is 5.76 Å². The molecule has 2 aromatic heterocycles. The molecule has 6 heteroatoms. The van der Waals surface area contributed by atoms with Crippen LogP contribution < -0.4 is 0 Å². The van der Waals surface area contributed by atoms with E-state index in [9.17, 15) is 4.39 Å². The number of imidazole rings is 1. The minimum atomic E-state index is -0.250. The van der Waals surface area contributed by atoms with E-state index in [0.29, 0.717) is 29.9 Å². The van der Waals surface area contributed by atoms with Crippen molar-refractivity contribution in [1.29, 1.82) is 0 Å². The van der Waals surface area contributed by atoms with Crippen LogP contribution in [0.2, 0.25) is 0 Å². The van der Waals surface area contributed by atoms with E-state index in [1.165, 1.54) is 6.07 Å².